The van der Waals surface area contributed by atoms with Crippen molar-refractivity contribution < 1.29 is 18.7 Å². The summed E-state index contributed by atoms with van der Waals surface area (Å²) in [7, 11) is 0. The summed E-state index contributed by atoms with van der Waals surface area (Å²) in [6.45, 7) is 4.41. The minimum absolute atomic E-state index is 0.0967. The van der Waals surface area contributed by atoms with Crippen LogP contribution in [0.15, 0.2) is 24.3 Å². The van der Waals surface area contributed by atoms with Crippen molar-refractivity contribution in [2.75, 3.05) is 6.61 Å². The molecule has 1 aromatic carbocycles. The Morgan fingerprint density at radius 2 is 1.93 bits per heavy atom. The van der Waals surface area contributed by atoms with E-state index in [2.05, 4.69) is 16.9 Å². The number of hydrogen-bond donors (Lipinski definition) is 1. The topological polar surface area (TPSA) is 73.2 Å². The molecule has 0 radical (unpaired) electrons. The summed E-state index contributed by atoms with van der Waals surface area (Å²) in [5, 5.41) is 8.46. The van der Waals surface area contributed by atoms with E-state index >= 15 is 0 Å². The van der Waals surface area contributed by atoms with Crippen LogP contribution in [0, 0.1) is 23.1 Å². The smallest absolute Gasteiger partial charge is 0.311 e. The average Bonchev–Trinajstić information content (AvgIpc) is 3.55. The van der Waals surface area contributed by atoms with Crippen LogP contribution in [0.25, 0.3) is 0 Å². The Balaban J connectivity index is 1.35. The van der Waals surface area contributed by atoms with E-state index in [1.165, 1.54) is 31.0 Å². The Bertz CT molecular complexity index is 1250. The van der Waals surface area contributed by atoms with Gasteiger partial charge in [0.1, 0.15) is 5.82 Å². The second-order valence-corrected chi connectivity index (χ2v) is 13.1. The minimum Gasteiger partial charge on any atom is -0.466 e. The monoisotopic (exact) mass is 549 g/mol. The molecule has 2 bridgehead atoms. The molecule has 2 aromatic rings. The molecule has 1 amide bonds. The Kier molecular flexibility index (Phi) is 7.75. The third-order valence-corrected chi connectivity index (χ3v) is 10.5. The number of ether oxygens (including phenoxy) is 1. The van der Waals surface area contributed by atoms with E-state index in [4.69, 9.17) is 9.84 Å². The van der Waals surface area contributed by atoms with Gasteiger partial charge in [-0.15, -0.1) is 0 Å². The lowest BCUT2D eigenvalue weighted by Crippen LogP contribution is -2.51. The van der Waals surface area contributed by atoms with Crippen LogP contribution in [0.2, 0.25) is 0 Å². The molecular weight excluding hydrogens is 505 g/mol. The maximum atomic E-state index is 14.1. The number of amides is 1. The lowest BCUT2D eigenvalue weighted by molar-refractivity contribution is -0.151. The SMILES string of the molecule is CCOC(=O)[C@H]1C2CCC(C)(C2)[C@H]1NC(=O)c1nn(C2CCCCC2)c2c1CCCCC2Cc1cccc(F)c1. The van der Waals surface area contributed by atoms with Gasteiger partial charge in [-0.1, -0.05) is 44.7 Å². The normalized spacial score (nSPS) is 30.1. The van der Waals surface area contributed by atoms with Gasteiger partial charge in [0.25, 0.3) is 5.91 Å². The van der Waals surface area contributed by atoms with Gasteiger partial charge in [0.05, 0.1) is 18.6 Å². The van der Waals surface area contributed by atoms with Crippen LogP contribution >= 0.6 is 0 Å². The molecule has 3 saturated carbocycles. The fourth-order valence-corrected chi connectivity index (χ4v) is 8.58. The molecule has 6 rings (SSSR count). The van der Waals surface area contributed by atoms with Gasteiger partial charge < -0.3 is 10.1 Å². The molecule has 7 heteroatoms. The first-order chi connectivity index (χ1) is 19.4. The fraction of sp³-hybridized carbons (Fsp3) is 0.667. The van der Waals surface area contributed by atoms with Crippen molar-refractivity contribution in [2.24, 2.45) is 17.3 Å². The molecule has 3 fully saturated rings. The predicted octanol–water partition coefficient (Wildman–Crippen LogP) is 6.68. The Morgan fingerprint density at radius 3 is 2.70 bits per heavy atom. The first-order valence-electron chi connectivity index (χ1n) is 15.7. The highest BCUT2D eigenvalue weighted by Gasteiger charge is 2.59. The molecule has 4 aliphatic carbocycles. The summed E-state index contributed by atoms with van der Waals surface area (Å²) in [5.41, 5.74) is 3.71. The quantitative estimate of drug-likeness (QED) is 0.309. The summed E-state index contributed by atoms with van der Waals surface area (Å²) < 4.78 is 21.8. The van der Waals surface area contributed by atoms with Crippen molar-refractivity contribution in [3.05, 3.63) is 52.6 Å². The van der Waals surface area contributed by atoms with Crippen LogP contribution in [0.1, 0.15) is 124 Å². The minimum atomic E-state index is -0.289. The number of carbonyl (C=O) groups is 2. The van der Waals surface area contributed by atoms with E-state index in [1.54, 1.807) is 12.1 Å². The highest BCUT2D eigenvalue weighted by molar-refractivity contribution is 5.95. The summed E-state index contributed by atoms with van der Waals surface area (Å²) in [4.78, 5) is 27.2. The molecule has 0 aliphatic heterocycles. The number of carbonyl (C=O) groups excluding carboxylic acids is 2. The number of benzene rings is 1. The number of esters is 1. The van der Waals surface area contributed by atoms with E-state index in [9.17, 15) is 14.0 Å². The van der Waals surface area contributed by atoms with E-state index in [1.807, 2.05) is 13.0 Å². The largest absolute Gasteiger partial charge is 0.466 e. The molecule has 5 atom stereocenters. The van der Waals surface area contributed by atoms with E-state index in [0.717, 1.165) is 75.3 Å². The van der Waals surface area contributed by atoms with Crippen LogP contribution in [-0.4, -0.2) is 34.3 Å². The Hall–Kier alpha value is -2.70. The lowest BCUT2D eigenvalue weighted by atomic mass is 9.76. The molecular formula is C33H44FN3O3. The Labute approximate surface area is 237 Å². The van der Waals surface area contributed by atoms with Crippen LogP contribution in [0.5, 0.6) is 0 Å². The van der Waals surface area contributed by atoms with Crippen LogP contribution in [0.3, 0.4) is 0 Å². The number of nitrogens with one attached hydrogen (secondary N) is 1. The predicted molar refractivity (Wildman–Crippen MR) is 152 cm³/mol. The van der Waals surface area contributed by atoms with Gasteiger partial charge >= 0.3 is 5.97 Å². The lowest BCUT2D eigenvalue weighted by Gasteiger charge is -2.36. The summed E-state index contributed by atoms with van der Waals surface area (Å²) in [5.74, 6) is -0.358. The van der Waals surface area contributed by atoms with Gasteiger partial charge in [0.2, 0.25) is 0 Å². The molecule has 6 nitrogen and oxygen atoms in total. The van der Waals surface area contributed by atoms with E-state index in [0.29, 0.717) is 18.3 Å². The van der Waals surface area contributed by atoms with Crippen molar-refractivity contribution >= 4 is 11.9 Å². The molecule has 0 saturated heterocycles. The highest BCUT2D eigenvalue weighted by atomic mass is 19.1. The molecule has 1 aromatic heterocycles. The third kappa shape index (κ3) is 5.09. The molecule has 3 unspecified atom stereocenters. The number of rotatable bonds is 7. The van der Waals surface area contributed by atoms with Gasteiger partial charge in [-0.05, 0) is 93.7 Å². The van der Waals surface area contributed by atoms with Gasteiger partial charge in [-0.2, -0.15) is 5.10 Å². The molecule has 40 heavy (non-hydrogen) atoms. The van der Waals surface area contributed by atoms with Gasteiger partial charge in [-0.3, -0.25) is 14.3 Å². The second kappa shape index (κ2) is 11.3. The standard InChI is InChI=1S/C33H44FN3O3/c1-3-40-32(39)27-23-16-17-33(2,20-23)30(27)35-31(38)28-26-15-8-7-11-22(18-21-10-9-12-24(34)19-21)29(26)37(36-28)25-13-5-4-6-14-25/h9-10,12,19,22-23,25,27,30H,3-8,11,13-18,20H2,1-2H3,(H,35,38)/t22?,23?,27-,30-,33?/m0/s1. The highest BCUT2D eigenvalue weighted by Crippen LogP contribution is 2.57. The average molecular weight is 550 g/mol. The summed E-state index contributed by atoms with van der Waals surface area (Å²) in [6.07, 6.45) is 13.4. The van der Waals surface area contributed by atoms with Crippen molar-refractivity contribution in [1.82, 2.24) is 15.1 Å². The number of hydrogen-bond acceptors (Lipinski definition) is 4. The zero-order chi connectivity index (χ0) is 27.9. The number of nitrogens with zero attached hydrogens (tertiary/aromatic N) is 2. The molecule has 0 spiro atoms. The maximum absolute atomic E-state index is 14.1. The van der Waals surface area contributed by atoms with Crippen molar-refractivity contribution in [3.8, 4) is 0 Å². The zero-order valence-electron chi connectivity index (χ0n) is 24.1. The van der Waals surface area contributed by atoms with Crippen LogP contribution in [-0.2, 0) is 22.4 Å². The van der Waals surface area contributed by atoms with Crippen LogP contribution < -0.4 is 5.32 Å². The summed E-state index contributed by atoms with van der Waals surface area (Å²) >= 11 is 0. The van der Waals surface area contributed by atoms with Gasteiger partial charge in [0, 0.05) is 23.2 Å². The van der Waals surface area contributed by atoms with Crippen molar-refractivity contribution in [2.45, 2.75) is 115 Å². The van der Waals surface area contributed by atoms with Crippen LogP contribution in [0.4, 0.5) is 4.39 Å². The van der Waals surface area contributed by atoms with E-state index in [-0.39, 0.29) is 46.9 Å². The second-order valence-electron chi connectivity index (χ2n) is 13.1. The molecule has 1 N–H and O–H groups in total. The number of halogens is 1. The fourth-order valence-electron chi connectivity index (χ4n) is 8.58. The first-order valence-corrected chi connectivity index (χ1v) is 15.7. The first kappa shape index (κ1) is 27.5. The van der Waals surface area contributed by atoms with Crippen molar-refractivity contribution in [3.63, 3.8) is 0 Å². The van der Waals surface area contributed by atoms with E-state index < -0.39 is 0 Å². The number of fused-ring (bicyclic) bond motifs is 3. The van der Waals surface area contributed by atoms with Crippen molar-refractivity contribution in [1.29, 1.82) is 0 Å². The van der Waals surface area contributed by atoms with Gasteiger partial charge in [0.15, 0.2) is 5.69 Å². The Morgan fingerprint density at radius 1 is 1.12 bits per heavy atom. The third-order valence-electron chi connectivity index (χ3n) is 10.5. The molecule has 216 valence electrons. The van der Waals surface area contributed by atoms with Gasteiger partial charge in [-0.25, -0.2) is 4.39 Å². The molecule has 1 heterocycles. The molecule has 4 aliphatic rings. The maximum Gasteiger partial charge on any atom is 0.311 e. The zero-order valence-corrected chi connectivity index (χ0v) is 24.1. The number of aromatic nitrogens is 2. The summed E-state index contributed by atoms with van der Waals surface area (Å²) in [6, 6.07) is 7.00.